The third kappa shape index (κ3) is 3.11. The van der Waals surface area contributed by atoms with E-state index in [1.807, 2.05) is 29.2 Å². The van der Waals surface area contributed by atoms with Crippen molar-refractivity contribution in [3.05, 3.63) is 51.5 Å². The first-order chi connectivity index (χ1) is 9.63. The van der Waals surface area contributed by atoms with Gasteiger partial charge in [-0.2, -0.15) is 0 Å². The Bertz CT molecular complexity index is 641. The topological polar surface area (TPSA) is 75.0 Å². The molecule has 1 aromatic heterocycles. The average molecular weight is 293 g/mol. The van der Waals surface area contributed by atoms with Crippen LogP contribution in [0.15, 0.2) is 35.4 Å². The molecule has 0 radical (unpaired) electrons. The van der Waals surface area contributed by atoms with E-state index >= 15 is 0 Å². The second kappa shape index (κ2) is 6.43. The number of anilines is 2. The second-order valence-electron chi connectivity index (χ2n) is 4.49. The maximum Gasteiger partial charge on any atom is 0.271 e. The number of benzene rings is 1. The number of halogens is 1. The van der Waals surface area contributed by atoms with E-state index < -0.39 is 0 Å². The van der Waals surface area contributed by atoms with Gasteiger partial charge in [0.2, 0.25) is 0 Å². The van der Waals surface area contributed by atoms with Gasteiger partial charge in [-0.1, -0.05) is 36.7 Å². The minimum absolute atomic E-state index is 0.107. The molecule has 20 heavy (non-hydrogen) atoms. The van der Waals surface area contributed by atoms with Gasteiger partial charge in [0.15, 0.2) is 5.82 Å². The van der Waals surface area contributed by atoms with Crippen molar-refractivity contribution in [2.24, 2.45) is 0 Å². The van der Waals surface area contributed by atoms with Crippen LogP contribution in [0, 0.1) is 0 Å². The van der Waals surface area contributed by atoms with Gasteiger partial charge < -0.3 is 15.6 Å². The summed E-state index contributed by atoms with van der Waals surface area (Å²) in [6, 6.07) is 7.63. The number of nitrogens with one attached hydrogen (secondary N) is 1. The molecule has 3 N–H and O–H groups in total. The summed E-state index contributed by atoms with van der Waals surface area (Å²) in [5.41, 5.74) is 7.33. The van der Waals surface area contributed by atoms with Gasteiger partial charge in [-0.15, -0.1) is 0 Å². The number of hydrogen-bond donors (Lipinski definition) is 2. The van der Waals surface area contributed by atoms with E-state index in [4.69, 9.17) is 17.3 Å². The number of rotatable bonds is 5. The number of nitrogen functional groups attached to an aromatic ring is 1. The van der Waals surface area contributed by atoms with Crippen molar-refractivity contribution in [2.45, 2.75) is 19.9 Å². The summed E-state index contributed by atoms with van der Waals surface area (Å²) in [6.45, 7) is 3.36. The van der Waals surface area contributed by atoms with Crippen molar-refractivity contribution in [3.8, 4) is 0 Å². The highest BCUT2D eigenvalue weighted by molar-refractivity contribution is 6.32. The van der Waals surface area contributed by atoms with Gasteiger partial charge in [0.25, 0.3) is 5.56 Å². The number of aromatic amines is 1. The van der Waals surface area contributed by atoms with E-state index in [1.165, 1.54) is 6.33 Å². The summed E-state index contributed by atoms with van der Waals surface area (Å²) in [6.07, 6.45) is 2.28. The summed E-state index contributed by atoms with van der Waals surface area (Å²) in [4.78, 5) is 20.2. The van der Waals surface area contributed by atoms with Crippen LogP contribution in [-0.4, -0.2) is 16.5 Å². The van der Waals surface area contributed by atoms with Crippen LogP contribution >= 0.6 is 11.6 Å². The normalized spacial score (nSPS) is 10.5. The molecule has 0 spiro atoms. The van der Waals surface area contributed by atoms with Crippen molar-refractivity contribution in [1.82, 2.24) is 9.97 Å². The second-order valence-corrected chi connectivity index (χ2v) is 4.87. The predicted octanol–water partition coefficient (Wildman–Crippen LogP) is 2.42. The van der Waals surface area contributed by atoms with Crippen molar-refractivity contribution in [2.75, 3.05) is 17.2 Å². The first-order valence-corrected chi connectivity index (χ1v) is 6.82. The summed E-state index contributed by atoms with van der Waals surface area (Å²) in [5.74, 6) is 0.487. The van der Waals surface area contributed by atoms with Crippen molar-refractivity contribution in [1.29, 1.82) is 0 Å². The van der Waals surface area contributed by atoms with E-state index in [2.05, 4.69) is 16.9 Å². The largest absolute Gasteiger partial charge is 0.398 e. The first kappa shape index (κ1) is 14.4. The molecule has 0 atom stereocenters. The van der Waals surface area contributed by atoms with Gasteiger partial charge in [-0.3, -0.25) is 4.79 Å². The van der Waals surface area contributed by atoms with Gasteiger partial charge >= 0.3 is 0 Å². The van der Waals surface area contributed by atoms with Crippen molar-refractivity contribution >= 4 is 23.1 Å². The van der Waals surface area contributed by atoms with Crippen LogP contribution in [0.3, 0.4) is 0 Å². The minimum Gasteiger partial charge on any atom is -0.398 e. The Labute approximate surface area is 122 Å². The summed E-state index contributed by atoms with van der Waals surface area (Å²) < 4.78 is 0. The smallest absolute Gasteiger partial charge is 0.271 e. The van der Waals surface area contributed by atoms with Gasteiger partial charge in [0, 0.05) is 18.8 Å². The van der Waals surface area contributed by atoms with Crippen LogP contribution in [0.2, 0.25) is 5.02 Å². The lowest BCUT2D eigenvalue weighted by Crippen LogP contribution is -2.27. The van der Waals surface area contributed by atoms with Crippen LogP contribution in [0.4, 0.5) is 11.5 Å². The molecule has 0 aliphatic carbocycles. The van der Waals surface area contributed by atoms with E-state index in [-0.39, 0.29) is 10.6 Å². The molecule has 0 unspecified atom stereocenters. The maximum absolute atomic E-state index is 11.6. The third-order valence-corrected chi connectivity index (χ3v) is 3.33. The Morgan fingerprint density at radius 3 is 2.85 bits per heavy atom. The average Bonchev–Trinajstić information content (AvgIpc) is 2.44. The van der Waals surface area contributed by atoms with Crippen LogP contribution < -0.4 is 16.2 Å². The fourth-order valence-corrected chi connectivity index (χ4v) is 2.23. The lowest BCUT2D eigenvalue weighted by atomic mass is 10.1. The quantitative estimate of drug-likeness (QED) is 0.830. The van der Waals surface area contributed by atoms with E-state index in [0.717, 1.165) is 24.2 Å². The summed E-state index contributed by atoms with van der Waals surface area (Å²) in [5, 5.41) is 0.107. The van der Waals surface area contributed by atoms with Gasteiger partial charge in [0.1, 0.15) is 5.02 Å². The summed E-state index contributed by atoms with van der Waals surface area (Å²) in [7, 11) is 0. The highest BCUT2D eigenvalue weighted by Crippen LogP contribution is 2.22. The number of hydrogen-bond acceptors (Lipinski definition) is 4. The molecule has 1 aromatic carbocycles. The fraction of sp³-hybridized carbons (Fsp3) is 0.286. The minimum atomic E-state index is -0.334. The molecule has 0 aliphatic rings. The Hall–Kier alpha value is -2.01. The molecular formula is C14H17ClN4O. The van der Waals surface area contributed by atoms with Crippen molar-refractivity contribution < 1.29 is 0 Å². The molecule has 0 bridgehead atoms. The maximum atomic E-state index is 11.6. The first-order valence-electron chi connectivity index (χ1n) is 6.45. The van der Waals surface area contributed by atoms with Gasteiger partial charge in [0.05, 0.1) is 6.33 Å². The number of H-pyrrole nitrogens is 1. The monoisotopic (exact) mass is 292 g/mol. The molecule has 2 rings (SSSR count). The SMILES string of the molecule is CCCN(Cc1ccccc1N)c1nc[nH]c(=O)c1Cl. The van der Waals surface area contributed by atoms with E-state index in [9.17, 15) is 4.79 Å². The highest BCUT2D eigenvalue weighted by atomic mass is 35.5. The molecule has 0 amide bonds. The Balaban J connectivity index is 2.34. The fourth-order valence-electron chi connectivity index (χ4n) is 2.01. The number of para-hydroxylation sites is 1. The van der Waals surface area contributed by atoms with Crippen LogP contribution in [0.5, 0.6) is 0 Å². The zero-order valence-electron chi connectivity index (χ0n) is 11.3. The zero-order chi connectivity index (χ0) is 14.5. The molecule has 106 valence electrons. The van der Waals surface area contributed by atoms with Crippen LogP contribution in [-0.2, 0) is 6.54 Å². The van der Waals surface area contributed by atoms with Crippen LogP contribution in [0.25, 0.3) is 0 Å². The van der Waals surface area contributed by atoms with E-state index in [1.54, 1.807) is 0 Å². The van der Waals surface area contributed by atoms with Crippen LogP contribution in [0.1, 0.15) is 18.9 Å². The highest BCUT2D eigenvalue weighted by Gasteiger charge is 2.15. The van der Waals surface area contributed by atoms with E-state index in [0.29, 0.717) is 12.4 Å². The molecule has 6 heteroatoms. The molecular weight excluding hydrogens is 276 g/mol. The van der Waals surface area contributed by atoms with Crippen molar-refractivity contribution in [3.63, 3.8) is 0 Å². The predicted molar refractivity (Wildman–Crippen MR) is 82.1 cm³/mol. The standard InChI is InChI=1S/C14H17ClN4O/c1-2-7-19(8-10-5-3-4-6-11(10)16)13-12(15)14(20)18-9-17-13/h3-6,9H,2,7-8,16H2,1H3,(H,17,18,20). The molecule has 2 aromatic rings. The Kier molecular flexibility index (Phi) is 4.63. The molecule has 0 fully saturated rings. The molecule has 5 nitrogen and oxygen atoms in total. The van der Waals surface area contributed by atoms with Gasteiger partial charge in [-0.05, 0) is 18.1 Å². The molecule has 0 saturated carbocycles. The molecule has 1 heterocycles. The number of aromatic nitrogens is 2. The third-order valence-electron chi connectivity index (χ3n) is 2.99. The number of nitrogens with two attached hydrogens (primary N) is 1. The lowest BCUT2D eigenvalue weighted by molar-refractivity contribution is 0.752. The lowest BCUT2D eigenvalue weighted by Gasteiger charge is -2.24. The molecule has 0 aliphatic heterocycles. The Morgan fingerprint density at radius 2 is 2.15 bits per heavy atom. The number of nitrogens with zero attached hydrogens (tertiary/aromatic N) is 2. The summed E-state index contributed by atoms with van der Waals surface area (Å²) >= 11 is 6.05. The Morgan fingerprint density at radius 1 is 1.40 bits per heavy atom. The zero-order valence-corrected chi connectivity index (χ0v) is 12.0. The van der Waals surface area contributed by atoms with Gasteiger partial charge in [-0.25, -0.2) is 4.98 Å². The molecule has 0 saturated heterocycles.